The molecule has 0 bridgehead atoms. The van der Waals surface area contributed by atoms with Gasteiger partial charge in [0, 0.05) is 18.2 Å². The quantitative estimate of drug-likeness (QED) is 0.446. The molecule has 1 saturated heterocycles. The fourth-order valence-corrected chi connectivity index (χ4v) is 4.16. The van der Waals surface area contributed by atoms with E-state index in [0.29, 0.717) is 23.6 Å². The van der Waals surface area contributed by atoms with Crippen LogP contribution in [0.25, 0.3) is 16.9 Å². The second-order valence-electron chi connectivity index (χ2n) is 7.76. The summed E-state index contributed by atoms with van der Waals surface area (Å²) >= 11 is 0. The zero-order valence-corrected chi connectivity index (χ0v) is 17.4. The first kappa shape index (κ1) is 20.3. The summed E-state index contributed by atoms with van der Waals surface area (Å²) < 4.78 is 34.2. The molecule has 0 aliphatic carbocycles. The first-order valence-electron chi connectivity index (χ1n) is 10.6. The molecule has 4 aromatic rings. The molecule has 1 aliphatic heterocycles. The minimum atomic E-state index is -2.77. The molecular formula is C23H21F2N5O2. The molecular weight excluding hydrogens is 416 g/mol. The fourth-order valence-electron chi connectivity index (χ4n) is 4.16. The van der Waals surface area contributed by atoms with Crippen LogP contribution in [0.4, 0.5) is 8.78 Å². The van der Waals surface area contributed by atoms with Crippen molar-refractivity contribution >= 4 is 11.6 Å². The van der Waals surface area contributed by atoms with E-state index in [4.69, 9.17) is 4.52 Å². The van der Waals surface area contributed by atoms with Crippen molar-refractivity contribution in [2.24, 2.45) is 0 Å². The Kier molecular flexibility index (Phi) is 5.16. The van der Waals surface area contributed by atoms with E-state index in [0.717, 1.165) is 29.5 Å². The summed E-state index contributed by atoms with van der Waals surface area (Å²) in [5.74, 6) is 0.324. The van der Waals surface area contributed by atoms with E-state index in [1.165, 1.54) is 12.3 Å². The molecule has 0 saturated carbocycles. The van der Waals surface area contributed by atoms with E-state index in [1.807, 2.05) is 31.2 Å². The van der Waals surface area contributed by atoms with Crippen molar-refractivity contribution in [3.63, 3.8) is 0 Å². The number of amides is 1. The van der Waals surface area contributed by atoms with Crippen LogP contribution >= 0.6 is 0 Å². The molecule has 32 heavy (non-hydrogen) atoms. The van der Waals surface area contributed by atoms with Gasteiger partial charge in [-0.15, -0.1) is 0 Å². The topological polar surface area (TPSA) is 76.5 Å². The number of nitrogens with zero attached hydrogens (tertiary/aromatic N) is 5. The minimum absolute atomic E-state index is 0.115. The average Bonchev–Trinajstić information content (AvgIpc) is 3.57. The van der Waals surface area contributed by atoms with Crippen LogP contribution in [0.1, 0.15) is 59.7 Å². The molecule has 5 rings (SSSR count). The molecule has 1 fully saturated rings. The van der Waals surface area contributed by atoms with Gasteiger partial charge in [0.2, 0.25) is 0 Å². The molecule has 1 atom stereocenters. The van der Waals surface area contributed by atoms with Gasteiger partial charge in [-0.25, -0.2) is 18.3 Å². The van der Waals surface area contributed by atoms with Gasteiger partial charge in [-0.3, -0.25) is 4.79 Å². The van der Waals surface area contributed by atoms with Gasteiger partial charge in [0.25, 0.3) is 12.3 Å². The highest BCUT2D eigenvalue weighted by molar-refractivity contribution is 6.00. The third-order valence-electron chi connectivity index (χ3n) is 5.80. The molecule has 0 unspecified atom stereocenters. The van der Waals surface area contributed by atoms with Gasteiger partial charge in [0.1, 0.15) is 11.3 Å². The molecule has 7 nitrogen and oxygen atoms in total. The number of benzene rings is 1. The van der Waals surface area contributed by atoms with Gasteiger partial charge in [-0.05, 0) is 25.3 Å². The highest BCUT2D eigenvalue weighted by Gasteiger charge is 2.35. The largest absolute Gasteiger partial charge is 0.359 e. The first-order valence-corrected chi connectivity index (χ1v) is 10.6. The second kappa shape index (κ2) is 8.14. The zero-order valence-electron chi connectivity index (χ0n) is 17.4. The van der Waals surface area contributed by atoms with Crippen LogP contribution in [-0.4, -0.2) is 37.1 Å². The third kappa shape index (κ3) is 3.43. The number of aromatic nitrogens is 4. The number of likely N-dealkylation sites (tertiary alicyclic amines) is 1. The lowest BCUT2D eigenvalue weighted by atomic mass is 10.1. The van der Waals surface area contributed by atoms with Gasteiger partial charge in [0.15, 0.2) is 11.4 Å². The predicted octanol–water partition coefficient (Wildman–Crippen LogP) is 4.86. The number of rotatable bonds is 5. The summed E-state index contributed by atoms with van der Waals surface area (Å²) in [6.07, 6.45) is 0.836. The van der Waals surface area contributed by atoms with Crippen LogP contribution in [0.15, 0.2) is 53.2 Å². The van der Waals surface area contributed by atoms with E-state index >= 15 is 0 Å². The van der Waals surface area contributed by atoms with E-state index in [2.05, 4.69) is 15.2 Å². The van der Waals surface area contributed by atoms with Crippen LogP contribution in [0.5, 0.6) is 0 Å². The monoisotopic (exact) mass is 437 g/mol. The Morgan fingerprint density at radius 2 is 2.06 bits per heavy atom. The van der Waals surface area contributed by atoms with Gasteiger partial charge < -0.3 is 9.42 Å². The van der Waals surface area contributed by atoms with Crippen LogP contribution < -0.4 is 0 Å². The summed E-state index contributed by atoms with van der Waals surface area (Å²) in [6.45, 7) is 2.51. The number of halogens is 2. The van der Waals surface area contributed by atoms with Crippen LogP contribution in [0.3, 0.4) is 0 Å². The molecule has 1 aliphatic rings. The maximum Gasteiger partial charge on any atom is 0.280 e. The summed E-state index contributed by atoms with van der Waals surface area (Å²) in [5.41, 5.74) is 1.86. The maximum atomic E-state index is 13.8. The Labute approximate surface area is 182 Å². The first-order chi connectivity index (χ1) is 15.6. The number of aryl methyl sites for hydroxylation is 1. The van der Waals surface area contributed by atoms with E-state index in [-0.39, 0.29) is 28.9 Å². The third-order valence-corrected chi connectivity index (χ3v) is 5.80. The molecule has 0 N–H and O–H groups in total. The highest BCUT2D eigenvalue weighted by Crippen LogP contribution is 2.35. The van der Waals surface area contributed by atoms with Crippen molar-refractivity contribution in [2.75, 3.05) is 6.54 Å². The number of alkyl halides is 2. The molecule has 9 heteroatoms. The second-order valence-corrected chi connectivity index (χ2v) is 7.76. The van der Waals surface area contributed by atoms with Crippen LogP contribution in [0, 0.1) is 0 Å². The number of hydrogen-bond acceptors (Lipinski definition) is 5. The average molecular weight is 437 g/mol. The van der Waals surface area contributed by atoms with Crippen LogP contribution in [-0.2, 0) is 6.42 Å². The van der Waals surface area contributed by atoms with Crippen molar-refractivity contribution in [3.8, 4) is 11.3 Å². The maximum absolute atomic E-state index is 13.8. The van der Waals surface area contributed by atoms with Crippen molar-refractivity contribution in [1.29, 1.82) is 0 Å². The van der Waals surface area contributed by atoms with E-state index < -0.39 is 6.43 Å². The minimum Gasteiger partial charge on any atom is -0.359 e. The van der Waals surface area contributed by atoms with Crippen molar-refractivity contribution in [2.45, 2.75) is 38.7 Å². The fraction of sp³-hybridized carbons (Fsp3) is 0.304. The summed E-state index contributed by atoms with van der Waals surface area (Å²) in [7, 11) is 0. The lowest BCUT2D eigenvalue weighted by Gasteiger charge is -2.22. The molecule has 0 spiro atoms. The molecule has 3 aromatic heterocycles. The lowest BCUT2D eigenvalue weighted by Crippen LogP contribution is -2.30. The number of carbonyl (C=O) groups excluding carboxylic acids is 1. The standard InChI is InChI=1S/C23H21F2N5O2/c1-2-15-11-20(32-28-15)18-9-6-10-29(18)23(31)16-13-26-30-19(21(24)25)12-17(27-22(16)30)14-7-4-3-5-8-14/h3-5,7-8,11-13,18,21H,2,6,9-10H2,1H3/t18-/m0/s1. The van der Waals surface area contributed by atoms with Gasteiger partial charge in [-0.2, -0.15) is 5.10 Å². The summed E-state index contributed by atoms with van der Waals surface area (Å²) in [6, 6.07) is 12.0. The molecule has 164 valence electrons. The Morgan fingerprint density at radius 3 is 2.78 bits per heavy atom. The Bertz CT molecular complexity index is 1270. The SMILES string of the molecule is CCc1cc([C@@H]2CCCN2C(=O)c2cnn3c(C(F)F)cc(-c4ccccc4)nc23)on1. The Hall–Kier alpha value is -3.62. The molecule has 1 aromatic carbocycles. The summed E-state index contributed by atoms with van der Waals surface area (Å²) in [4.78, 5) is 19.7. The van der Waals surface area contributed by atoms with Crippen molar-refractivity contribution < 1.29 is 18.1 Å². The zero-order chi connectivity index (χ0) is 22.2. The smallest absolute Gasteiger partial charge is 0.280 e. The van der Waals surface area contributed by atoms with E-state index in [9.17, 15) is 13.6 Å². The van der Waals surface area contributed by atoms with Gasteiger partial charge in [-0.1, -0.05) is 42.4 Å². The van der Waals surface area contributed by atoms with Gasteiger partial charge >= 0.3 is 0 Å². The highest BCUT2D eigenvalue weighted by atomic mass is 19.3. The molecule has 0 radical (unpaired) electrons. The van der Waals surface area contributed by atoms with Crippen LogP contribution in [0.2, 0.25) is 0 Å². The Balaban J connectivity index is 1.57. The molecule has 1 amide bonds. The number of carbonyl (C=O) groups is 1. The van der Waals surface area contributed by atoms with Crippen molar-refractivity contribution in [3.05, 3.63) is 71.4 Å². The normalized spacial score (nSPS) is 16.4. The predicted molar refractivity (Wildman–Crippen MR) is 112 cm³/mol. The van der Waals surface area contributed by atoms with Gasteiger partial charge in [0.05, 0.1) is 23.6 Å². The summed E-state index contributed by atoms with van der Waals surface area (Å²) in [5, 5.41) is 8.11. The number of fused-ring (bicyclic) bond motifs is 1. The van der Waals surface area contributed by atoms with E-state index in [1.54, 1.807) is 17.0 Å². The molecule has 4 heterocycles. The lowest BCUT2D eigenvalue weighted by molar-refractivity contribution is 0.0716. The van der Waals surface area contributed by atoms with Crippen molar-refractivity contribution in [1.82, 2.24) is 24.7 Å². The number of hydrogen-bond donors (Lipinski definition) is 0. The Morgan fingerprint density at radius 1 is 1.25 bits per heavy atom.